The van der Waals surface area contributed by atoms with Crippen LogP contribution in [-0.4, -0.2) is 38.2 Å². The number of benzene rings is 2. The van der Waals surface area contributed by atoms with E-state index in [1.165, 1.54) is 0 Å². The monoisotopic (exact) mass is 388 g/mol. The van der Waals surface area contributed by atoms with E-state index in [-0.39, 0.29) is 11.9 Å². The van der Waals surface area contributed by atoms with Crippen molar-refractivity contribution in [1.29, 1.82) is 0 Å². The van der Waals surface area contributed by atoms with Crippen molar-refractivity contribution in [2.75, 3.05) is 12.4 Å². The summed E-state index contributed by atoms with van der Waals surface area (Å²) in [6.45, 7) is 0. The van der Waals surface area contributed by atoms with Crippen LogP contribution in [0, 0.1) is 0 Å². The zero-order valence-corrected chi connectivity index (χ0v) is 15.8. The normalized spacial score (nSPS) is 11.8. The summed E-state index contributed by atoms with van der Waals surface area (Å²) in [7, 11) is 1.57. The minimum Gasteiger partial charge on any atom is -0.496 e. The summed E-state index contributed by atoms with van der Waals surface area (Å²) < 4.78 is 7.40. The second kappa shape index (κ2) is 8.39. The number of H-pyrrole nitrogens is 1. The molecule has 0 aliphatic heterocycles. The number of nitrogens with one attached hydrogen (secondary N) is 2. The molecule has 146 valence electrons. The second-order valence-electron chi connectivity index (χ2n) is 6.46. The number of tetrazole rings is 1. The van der Waals surface area contributed by atoms with E-state index in [4.69, 9.17) is 4.74 Å². The molecule has 1 atom stereocenters. The highest BCUT2D eigenvalue weighted by molar-refractivity contribution is 5.92. The zero-order chi connectivity index (χ0) is 20.1. The van der Waals surface area contributed by atoms with Crippen molar-refractivity contribution >= 4 is 11.6 Å². The van der Waals surface area contributed by atoms with Crippen LogP contribution < -0.4 is 10.1 Å². The molecule has 0 spiro atoms. The number of nitrogens with zero attached hydrogens (tertiary/aromatic N) is 4. The van der Waals surface area contributed by atoms with Crippen LogP contribution >= 0.6 is 0 Å². The standard InChI is InChI=1S/C21H20N6O2/c1-29-19-10-9-16(13-17(19)21-23-25-26-24-21)22-20(28)14-18(27-11-5-6-12-27)15-7-3-2-4-8-15/h2-13,18H,14H2,1H3,(H,22,28)(H,23,24,25,26). The number of carbonyl (C=O) groups is 1. The third-order valence-corrected chi connectivity index (χ3v) is 4.62. The Balaban J connectivity index is 1.55. The number of anilines is 1. The third-order valence-electron chi connectivity index (χ3n) is 4.62. The van der Waals surface area contributed by atoms with Crippen LogP contribution in [0.3, 0.4) is 0 Å². The molecule has 0 aliphatic carbocycles. The maximum absolute atomic E-state index is 12.8. The Morgan fingerprint density at radius 3 is 2.62 bits per heavy atom. The number of rotatable bonds is 7. The molecule has 1 unspecified atom stereocenters. The average Bonchev–Trinajstić information content (AvgIpc) is 3.47. The molecular formula is C21H20N6O2. The molecule has 0 saturated carbocycles. The molecule has 0 bridgehead atoms. The summed E-state index contributed by atoms with van der Waals surface area (Å²) in [5.74, 6) is 0.892. The van der Waals surface area contributed by atoms with Gasteiger partial charge in [-0.05, 0) is 41.1 Å². The molecule has 0 radical (unpaired) electrons. The number of aromatic nitrogens is 5. The number of carbonyl (C=O) groups excluding carboxylic acids is 1. The molecule has 8 heteroatoms. The Hall–Kier alpha value is -3.94. The fourth-order valence-corrected chi connectivity index (χ4v) is 3.25. The van der Waals surface area contributed by atoms with Gasteiger partial charge in [-0.3, -0.25) is 4.79 Å². The van der Waals surface area contributed by atoms with Gasteiger partial charge in [-0.2, -0.15) is 5.21 Å². The average molecular weight is 388 g/mol. The van der Waals surface area contributed by atoms with Gasteiger partial charge in [0.05, 0.1) is 25.1 Å². The first-order valence-electron chi connectivity index (χ1n) is 9.13. The van der Waals surface area contributed by atoms with Crippen molar-refractivity contribution in [2.24, 2.45) is 0 Å². The van der Waals surface area contributed by atoms with Crippen LogP contribution in [0.15, 0.2) is 73.1 Å². The van der Waals surface area contributed by atoms with E-state index < -0.39 is 0 Å². The van der Waals surface area contributed by atoms with E-state index in [2.05, 4.69) is 25.9 Å². The van der Waals surface area contributed by atoms with Gasteiger partial charge < -0.3 is 14.6 Å². The summed E-state index contributed by atoms with van der Waals surface area (Å²) in [4.78, 5) is 12.8. The van der Waals surface area contributed by atoms with Crippen molar-refractivity contribution in [3.05, 3.63) is 78.6 Å². The fourth-order valence-electron chi connectivity index (χ4n) is 3.25. The van der Waals surface area contributed by atoms with E-state index in [9.17, 15) is 4.79 Å². The van der Waals surface area contributed by atoms with Crippen molar-refractivity contribution < 1.29 is 9.53 Å². The summed E-state index contributed by atoms with van der Waals surface area (Å²) in [5.41, 5.74) is 2.35. The number of aromatic amines is 1. The summed E-state index contributed by atoms with van der Waals surface area (Å²) in [6, 6.07) is 19.1. The maximum atomic E-state index is 12.8. The first-order chi connectivity index (χ1) is 14.2. The molecule has 8 nitrogen and oxygen atoms in total. The molecule has 0 saturated heterocycles. The Morgan fingerprint density at radius 2 is 1.93 bits per heavy atom. The molecule has 0 fully saturated rings. The van der Waals surface area contributed by atoms with E-state index in [1.54, 1.807) is 25.3 Å². The molecule has 4 aromatic rings. The summed E-state index contributed by atoms with van der Waals surface area (Å²) >= 11 is 0. The van der Waals surface area contributed by atoms with Crippen molar-refractivity contribution in [1.82, 2.24) is 25.2 Å². The fraction of sp³-hybridized carbons (Fsp3) is 0.143. The molecule has 2 N–H and O–H groups in total. The van der Waals surface area contributed by atoms with Crippen LogP contribution in [0.25, 0.3) is 11.4 Å². The number of amides is 1. The van der Waals surface area contributed by atoms with Gasteiger partial charge in [0.2, 0.25) is 11.7 Å². The highest BCUT2D eigenvalue weighted by Gasteiger charge is 2.18. The molecule has 2 aromatic carbocycles. The Labute approximate surface area is 167 Å². The summed E-state index contributed by atoms with van der Waals surface area (Å²) in [5, 5.41) is 17.0. The highest BCUT2D eigenvalue weighted by Crippen LogP contribution is 2.30. The SMILES string of the molecule is COc1ccc(NC(=O)CC(c2ccccc2)n2cccc2)cc1-c1nn[nH]n1. The van der Waals surface area contributed by atoms with Crippen molar-refractivity contribution in [3.8, 4) is 17.1 Å². The lowest BCUT2D eigenvalue weighted by atomic mass is 10.0. The number of methoxy groups -OCH3 is 1. The van der Waals surface area contributed by atoms with Gasteiger partial charge in [0, 0.05) is 18.1 Å². The number of hydrogen-bond acceptors (Lipinski definition) is 5. The smallest absolute Gasteiger partial charge is 0.226 e. The minimum absolute atomic E-state index is 0.0962. The second-order valence-corrected chi connectivity index (χ2v) is 6.46. The lowest BCUT2D eigenvalue weighted by Crippen LogP contribution is -2.19. The molecule has 4 rings (SSSR count). The van der Waals surface area contributed by atoms with Crippen LogP contribution in [-0.2, 0) is 4.79 Å². The molecule has 0 aliphatic rings. The number of ether oxygens (including phenoxy) is 1. The van der Waals surface area contributed by atoms with Gasteiger partial charge >= 0.3 is 0 Å². The van der Waals surface area contributed by atoms with Gasteiger partial charge in [-0.25, -0.2) is 0 Å². The van der Waals surface area contributed by atoms with Crippen LogP contribution in [0.2, 0.25) is 0 Å². The topological polar surface area (TPSA) is 97.7 Å². The molecule has 2 heterocycles. The third kappa shape index (κ3) is 4.16. The van der Waals surface area contributed by atoms with Crippen molar-refractivity contribution in [2.45, 2.75) is 12.5 Å². The predicted molar refractivity (Wildman–Crippen MR) is 108 cm³/mol. The van der Waals surface area contributed by atoms with Gasteiger partial charge in [-0.15, -0.1) is 10.2 Å². The van der Waals surface area contributed by atoms with Gasteiger partial charge in [0.1, 0.15) is 5.75 Å². The highest BCUT2D eigenvalue weighted by atomic mass is 16.5. The first-order valence-corrected chi connectivity index (χ1v) is 9.13. The van der Waals surface area contributed by atoms with Crippen molar-refractivity contribution in [3.63, 3.8) is 0 Å². The molecule has 2 aromatic heterocycles. The quantitative estimate of drug-likeness (QED) is 0.506. The van der Waals surface area contributed by atoms with E-state index in [1.807, 2.05) is 59.4 Å². The molecule has 1 amide bonds. The molecular weight excluding hydrogens is 368 g/mol. The van der Waals surface area contributed by atoms with E-state index >= 15 is 0 Å². The van der Waals surface area contributed by atoms with Crippen LogP contribution in [0.1, 0.15) is 18.0 Å². The maximum Gasteiger partial charge on any atom is 0.226 e. The minimum atomic E-state index is -0.100. The Morgan fingerprint density at radius 1 is 1.14 bits per heavy atom. The van der Waals surface area contributed by atoms with E-state index in [0.29, 0.717) is 29.2 Å². The van der Waals surface area contributed by atoms with Crippen LogP contribution in [0.5, 0.6) is 5.75 Å². The van der Waals surface area contributed by atoms with Gasteiger partial charge in [0.15, 0.2) is 0 Å². The van der Waals surface area contributed by atoms with Gasteiger partial charge in [0.25, 0.3) is 0 Å². The van der Waals surface area contributed by atoms with E-state index in [0.717, 1.165) is 5.56 Å². The zero-order valence-electron chi connectivity index (χ0n) is 15.8. The predicted octanol–water partition coefficient (Wildman–Crippen LogP) is 3.30. The van der Waals surface area contributed by atoms with Crippen LogP contribution in [0.4, 0.5) is 5.69 Å². The lowest BCUT2D eigenvalue weighted by molar-refractivity contribution is -0.116. The largest absolute Gasteiger partial charge is 0.496 e. The Kier molecular flexibility index (Phi) is 5.33. The summed E-state index contributed by atoms with van der Waals surface area (Å²) in [6.07, 6.45) is 4.22. The van der Waals surface area contributed by atoms with Gasteiger partial charge in [-0.1, -0.05) is 30.3 Å². The lowest BCUT2D eigenvalue weighted by Gasteiger charge is -2.19. The Bertz CT molecular complexity index is 1060. The number of hydrogen-bond donors (Lipinski definition) is 2. The molecule has 29 heavy (non-hydrogen) atoms. The first kappa shape index (κ1) is 18.4.